The van der Waals surface area contributed by atoms with Gasteiger partial charge in [0.15, 0.2) is 5.82 Å². The molecule has 11 heteroatoms. The van der Waals surface area contributed by atoms with Gasteiger partial charge in [0.1, 0.15) is 17.3 Å². The number of pyridine rings is 1. The summed E-state index contributed by atoms with van der Waals surface area (Å²) < 4.78 is 5.59. The molecular weight excluding hydrogens is 530 g/mol. The zero-order chi connectivity index (χ0) is 28.7. The molecule has 2 fully saturated rings. The minimum absolute atomic E-state index is 0.0427. The normalized spacial score (nSPS) is 17.3. The maximum absolute atomic E-state index is 12.6. The third-order valence-electron chi connectivity index (χ3n) is 7.47. The van der Waals surface area contributed by atoms with E-state index in [2.05, 4.69) is 57.9 Å². The summed E-state index contributed by atoms with van der Waals surface area (Å²) in [6.45, 7) is 6.89. The highest BCUT2D eigenvalue weighted by molar-refractivity contribution is 5.72. The third kappa shape index (κ3) is 7.23. The van der Waals surface area contributed by atoms with E-state index in [1.54, 1.807) is 24.5 Å². The number of hydrogen-bond donors (Lipinski definition) is 3. The smallest absolute Gasteiger partial charge is 0.310 e. The van der Waals surface area contributed by atoms with Crippen molar-refractivity contribution < 1.29 is 9.53 Å². The van der Waals surface area contributed by atoms with E-state index in [-0.39, 0.29) is 11.9 Å². The summed E-state index contributed by atoms with van der Waals surface area (Å²) in [5.74, 6) is 2.61. The Morgan fingerprint density at radius 3 is 2.57 bits per heavy atom. The first kappa shape index (κ1) is 27.7. The van der Waals surface area contributed by atoms with Crippen molar-refractivity contribution in [2.24, 2.45) is 11.8 Å². The van der Waals surface area contributed by atoms with Gasteiger partial charge in [-0.1, -0.05) is 18.2 Å². The maximum Gasteiger partial charge on any atom is 0.310 e. The monoisotopic (exact) mass is 565 g/mol. The molecule has 1 unspecified atom stereocenters. The van der Waals surface area contributed by atoms with Gasteiger partial charge < -0.3 is 20.7 Å². The van der Waals surface area contributed by atoms with Crippen LogP contribution in [0.3, 0.4) is 0 Å². The fourth-order valence-electron chi connectivity index (χ4n) is 5.10. The number of carbonyl (C=O) groups excluding carboxylic acids is 1. The zero-order valence-corrected chi connectivity index (χ0v) is 23.7. The summed E-state index contributed by atoms with van der Waals surface area (Å²) >= 11 is 0. The van der Waals surface area contributed by atoms with Gasteiger partial charge in [0, 0.05) is 55.9 Å². The van der Waals surface area contributed by atoms with Gasteiger partial charge in [-0.3, -0.25) is 9.69 Å². The number of piperidine rings is 1. The van der Waals surface area contributed by atoms with Gasteiger partial charge in [0.25, 0.3) is 0 Å². The van der Waals surface area contributed by atoms with Gasteiger partial charge in [-0.25, -0.2) is 19.9 Å². The molecule has 6 rings (SSSR count). The molecule has 0 amide bonds. The SMILES string of the molecule is Cc1cccc(-c2nccc(Nc3ccnc(Nc4ccc(CN5CCCC(C(=O)OCC6CNC6)C5)cc4)n3)n2)n1. The van der Waals surface area contributed by atoms with Crippen LogP contribution < -0.4 is 16.0 Å². The van der Waals surface area contributed by atoms with E-state index in [9.17, 15) is 4.79 Å². The van der Waals surface area contributed by atoms with Crippen LogP contribution >= 0.6 is 0 Å². The van der Waals surface area contributed by atoms with Crippen LogP contribution in [-0.4, -0.2) is 68.6 Å². The van der Waals surface area contributed by atoms with E-state index >= 15 is 0 Å². The van der Waals surface area contributed by atoms with Crippen LogP contribution in [0.2, 0.25) is 0 Å². The number of ether oxygens (including phenoxy) is 1. The van der Waals surface area contributed by atoms with Crippen molar-refractivity contribution in [3.05, 3.63) is 78.2 Å². The predicted octanol–water partition coefficient (Wildman–Crippen LogP) is 4.10. The lowest BCUT2D eigenvalue weighted by molar-refractivity contribution is -0.152. The molecule has 0 radical (unpaired) electrons. The first-order valence-electron chi connectivity index (χ1n) is 14.4. The number of nitrogens with zero attached hydrogens (tertiary/aromatic N) is 6. The quantitative estimate of drug-likeness (QED) is 0.240. The molecule has 0 spiro atoms. The number of likely N-dealkylation sites (tertiary alicyclic amines) is 1. The van der Waals surface area contributed by atoms with E-state index < -0.39 is 0 Å². The molecule has 0 bridgehead atoms. The Labute approximate surface area is 245 Å². The van der Waals surface area contributed by atoms with Crippen LogP contribution in [0.1, 0.15) is 24.1 Å². The minimum Gasteiger partial charge on any atom is -0.465 e. The molecule has 216 valence electrons. The van der Waals surface area contributed by atoms with Gasteiger partial charge in [0.05, 0.1) is 12.5 Å². The van der Waals surface area contributed by atoms with Crippen molar-refractivity contribution in [3.8, 4) is 11.5 Å². The summed E-state index contributed by atoms with van der Waals surface area (Å²) in [5.41, 5.74) is 3.70. The summed E-state index contributed by atoms with van der Waals surface area (Å²) in [5, 5.41) is 9.72. The summed E-state index contributed by atoms with van der Waals surface area (Å²) in [6.07, 6.45) is 5.29. The van der Waals surface area contributed by atoms with Crippen LogP contribution in [0.25, 0.3) is 11.5 Å². The van der Waals surface area contributed by atoms with Crippen LogP contribution in [0, 0.1) is 18.8 Å². The molecule has 0 aliphatic carbocycles. The molecular formula is C31H35N9O2. The van der Waals surface area contributed by atoms with Crippen molar-refractivity contribution in [3.63, 3.8) is 0 Å². The number of hydrogen-bond acceptors (Lipinski definition) is 11. The van der Waals surface area contributed by atoms with Crippen LogP contribution in [-0.2, 0) is 16.1 Å². The summed E-state index contributed by atoms with van der Waals surface area (Å²) in [7, 11) is 0. The van der Waals surface area contributed by atoms with Gasteiger partial charge in [-0.15, -0.1) is 0 Å². The van der Waals surface area contributed by atoms with E-state index in [1.807, 2.05) is 37.3 Å². The molecule has 42 heavy (non-hydrogen) atoms. The second-order valence-electron chi connectivity index (χ2n) is 10.9. The Kier molecular flexibility index (Phi) is 8.57. The number of rotatable bonds is 10. The Morgan fingerprint density at radius 1 is 0.976 bits per heavy atom. The van der Waals surface area contributed by atoms with E-state index in [4.69, 9.17) is 4.74 Å². The van der Waals surface area contributed by atoms with Gasteiger partial charge in [0.2, 0.25) is 5.95 Å². The second kappa shape index (κ2) is 13.0. The number of esters is 1. The number of nitrogens with one attached hydrogen (secondary N) is 3. The van der Waals surface area contributed by atoms with Crippen molar-refractivity contribution >= 4 is 29.2 Å². The average molecular weight is 566 g/mol. The first-order chi connectivity index (χ1) is 20.6. The highest BCUT2D eigenvalue weighted by Crippen LogP contribution is 2.23. The molecule has 1 atom stereocenters. The number of aryl methyl sites for hydroxylation is 1. The van der Waals surface area contributed by atoms with Crippen LogP contribution in [0.15, 0.2) is 67.0 Å². The Morgan fingerprint density at radius 2 is 1.79 bits per heavy atom. The van der Waals surface area contributed by atoms with Crippen molar-refractivity contribution in [1.29, 1.82) is 0 Å². The largest absolute Gasteiger partial charge is 0.465 e. The first-order valence-corrected chi connectivity index (χ1v) is 14.4. The number of carbonyl (C=O) groups is 1. The average Bonchev–Trinajstić information content (AvgIpc) is 2.98. The predicted molar refractivity (Wildman–Crippen MR) is 160 cm³/mol. The fourth-order valence-corrected chi connectivity index (χ4v) is 5.10. The lowest BCUT2D eigenvalue weighted by atomic mass is 9.97. The highest BCUT2D eigenvalue weighted by Gasteiger charge is 2.28. The zero-order valence-electron chi connectivity index (χ0n) is 23.7. The molecule has 2 saturated heterocycles. The van der Waals surface area contributed by atoms with Gasteiger partial charge in [-0.2, -0.15) is 4.98 Å². The van der Waals surface area contributed by atoms with Gasteiger partial charge in [-0.05, 0) is 68.3 Å². The summed E-state index contributed by atoms with van der Waals surface area (Å²) in [6, 6.07) is 17.6. The van der Waals surface area contributed by atoms with Crippen LogP contribution in [0.5, 0.6) is 0 Å². The van der Waals surface area contributed by atoms with Crippen molar-refractivity contribution in [1.82, 2.24) is 35.1 Å². The molecule has 4 aromatic rings. The second-order valence-corrected chi connectivity index (χ2v) is 10.9. The van der Waals surface area contributed by atoms with E-state index in [0.717, 1.165) is 56.9 Å². The third-order valence-corrected chi connectivity index (χ3v) is 7.47. The molecule has 3 aromatic heterocycles. The van der Waals surface area contributed by atoms with Gasteiger partial charge >= 0.3 is 5.97 Å². The molecule has 5 heterocycles. The lowest BCUT2D eigenvalue weighted by Crippen LogP contribution is -2.45. The molecule has 0 saturated carbocycles. The van der Waals surface area contributed by atoms with Crippen LogP contribution in [0.4, 0.5) is 23.3 Å². The van der Waals surface area contributed by atoms with Crippen molar-refractivity contribution in [2.75, 3.05) is 43.4 Å². The van der Waals surface area contributed by atoms with Crippen molar-refractivity contribution in [2.45, 2.75) is 26.3 Å². The Bertz CT molecular complexity index is 1510. The number of anilines is 4. The van der Waals surface area contributed by atoms with E-state index in [1.165, 1.54) is 5.56 Å². The minimum atomic E-state index is -0.0497. The lowest BCUT2D eigenvalue weighted by Gasteiger charge is -2.32. The molecule has 2 aliphatic heterocycles. The highest BCUT2D eigenvalue weighted by atomic mass is 16.5. The van der Waals surface area contributed by atoms with E-state index in [0.29, 0.717) is 41.6 Å². The molecule has 2 aliphatic rings. The molecule has 1 aromatic carbocycles. The topological polar surface area (TPSA) is 130 Å². The number of aromatic nitrogens is 5. The maximum atomic E-state index is 12.6. The standard InChI is InChI=1S/C31H35N9O2/c1-21-4-2-6-26(35-21)29-33-13-11-27(38-29)37-28-12-14-34-31(39-28)36-25-9-7-22(8-10-25)18-40-15-3-5-24(19-40)30(41)42-20-23-16-32-17-23/h2,4,6-14,23-24,32H,3,5,15-20H2,1H3,(H2,33,34,36,37,38,39). The summed E-state index contributed by atoms with van der Waals surface area (Å²) in [4.78, 5) is 37.3. The Hall–Kier alpha value is -4.48. The Balaban J connectivity index is 1.02. The molecule has 11 nitrogen and oxygen atoms in total. The number of benzene rings is 1. The fraction of sp³-hybridized carbons (Fsp3) is 0.355. The molecule has 3 N–H and O–H groups in total.